The average molecular weight is 369 g/mol. The smallest absolute Gasteiger partial charge is 0.239 e. The fourth-order valence-corrected chi connectivity index (χ4v) is 4.90. The maximum atomic E-state index is 12.8. The van der Waals surface area contributed by atoms with Crippen LogP contribution in [0, 0.1) is 11.8 Å². The second kappa shape index (κ2) is 8.03. The molecule has 2 aromatic rings. The number of likely N-dealkylation sites (tertiary alicyclic amines) is 2. The van der Waals surface area contributed by atoms with E-state index in [0.29, 0.717) is 6.42 Å². The summed E-state index contributed by atoms with van der Waals surface area (Å²) in [6.45, 7) is 4.20. The number of rotatable bonds is 4. The lowest BCUT2D eigenvalue weighted by Crippen LogP contribution is -2.49. The van der Waals surface area contributed by atoms with Gasteiger partial charge in [0.25, 0.3) is 0 Å². The molecule has 0 bridgehead atoms. The first-order valence-electron chi connectivity index (χ1n) is 10.4. The lowest BCUT2D eigenvalue weighted by molar-refractivity contribution is -0.134. The summed E-state index contributed by atoms with van der Waals surface area (Å²) in [5.41, 5.74) is 8.54. The summed E-state index contributed by atoms with van der Waals surface area (Å²) in [4.78, 5) is 20.5. The third-order valence-corrected chi connectivity index (χ3v) is 6.67. The van der Waals surface area contributed by atoms with Crippen molar-refractivity contribution in [3.8, 4) is 0 Å². The van der Waals surface area contributed by atoms with Crippen LogP contribution < -0.4 is 5.73 Å². The number of hydrogen-bond donors (Lipinski definition) is 2. The average Bonchev–Trinajstić information content (AvgIpc) is 3.16. The zero-order valence-corrected chi connectivity index (χ0v) is 16.4. The van der Waals surface area contributed by atoms with Crippen molar-refractivity contribution in [2.45, 2.75) is 38.1 Å². The van der Waals surface area contributed by atoms with Crippen LogP contribution >= 0.6 is 0 Å². The molecule has 2 aliphatic rings. The number of carbonyl (C=O) groups excluding carboxylic acids is 1. The Morgan fingerprint density at radius 3 is 2.48 bits per heavy atom. The minimum absolute atomic E-state index is 0.117. The molecule has 3 N–H and O–H groups in total. The summed E-state index contributed by atoms with van der Waals surface area (Å²) in [6, 6.07) is 7.87. The van der Waals surface area contributed by atoms with Gasteiger partial charge < -0.3 is 20.5 Å². The molecule has 3 heterocycles. The Morgan fingerprint density at radius 2 is 1.78 bits per heavy atom. The highest BCUT2D eigenvalue weighted by atomic mass is 16.2. The first kappa shape index (κ1) is 18.5. The number of nitrogens with one attached hydrogen (secondary N) is 1. The Labute approximate surface area is 161 Å². The number of piperidine rings is 2. The second-order valence-corrected chi connectivity index (χ2v) is 8.51. The quantitative estimate of drug-likeness (QED) is 0.872. The summed E-state index contributed by atoms with van der Waals surface area (Å²) >= 11 is 0. The molecule has 27 heavy (non-hydrogen) atoms. The van der Waals surface area contributed by atoms with Crippen molar-refractivity contribution in [3.05, 3.63) is 36.0 Å². The largest absolute Gasteiger partial charge is 0.361 e. The molecule has 2 fully saturated rings. The van der Waals surface area contributed by atoms with Crippen LogP contribution in [0.1, 0.15) is 31.2 Å². The van der Waals surface area contributed by atoms with Crippen LogP contribution in [-0.4, -0.2) is 60.0 Å². The van der Waals surface area contributed by atoms with Gasteiger partial charge in [-0.05, 0) is 93.2 Å². The van der Waals surface area contributed by atoms with E-state index in [-0.39, 0.29) is 5.91 Å². The van der Waals surface area contributed by atoms with Crippen LogP contribution in [0.4, 0.5) is 0 Å². The van der Waals surface area contributed by atoms with Gasteiger partial charge in [0.15, 0.2) is 0 Å². The van der Waals surface area contributed by atoms with Gasteiger partial charge in [-0.1, -0.05) is 6.07 Å². The maximum absolute atomic E-state index is 12.8. The third kappa shape index (κ3) is 4.19. The first-order valence-corrected chi connectivity index (χ1v) is 10.4. The van der Waals surface area contributed by atoms with Crippen molar-refractivity contribution < 1.29 is 4.79 Å². The van der Waals surface area contributed by atoms with Crippen molar-refractivity contribution in [2.24, 2.45) is 17.6 Å². The summed E-state index contributed by atoms with van der Waals surface area (Å²) in [6.07, 6.45) is 7.46. The van der Waals surface area contributed by atoms with Crippen molar-refractivity contribution in [1.82, 2.24) is 14.8 Å². The number of aromatic amines is 1. The summed E-state index contributed by atoms with van der Waals surface area (Å²) in [7, 11) is 2.21. The van der Waals surface area contributed by atoms with Crippen LogP contribution in [0.25, 0.3) is 10.9 Å². The van der Waals surface area contributed by atoms with Gasteiger partial charge in [0.2, 0.25) is 5.91 Å². The number of nitrogens with zero attached hydrogens (tertiary/aromatic N) is 2. The van der Waals surface area contributed by atoms with E-state index in [1.54, 1.807) is 0 Å². The molecule has 0 aliphatic carbocycles. The summed E-state index contributed by atoms with van der Waals surface area (Å²) < 4.78 is 0. The van der Waals surface area contributed by atoms with Crippen LogP contribution in [0.2, 0.25) is 0 Å². The molecule has 1 aromatic carbocycles. The van der Waals surface area contributed by atoms with Gasteiger partial charge in [0, 0.05) is 24.8 Å². The van der Waals surface area contributed by atoms with Crippen molar-refractivity contribution >= 4 is 16.8 Å². The Bertz CT molecular complexity index is 769. The third-order valence-electron chi connectivity index (χ3n) is 6.67. The summed E-state index contributed by atoms with van der Waals surface area (Å²) in [5.74, 6) is 1.75. The number of carbonyl (C=O) groups is 1. The van der Waals surface area contributed by atoms with Gasteiger partial charge in [0.1, 0.15) is 0 Å². The molecule has 1 aromatic heterocycles. The zero-order chi connectivity index (χ0) is 18.8. The number of hydrogen-bond acceptors (Lipinski definition) is 3. The zero-order valence-electron chi connectivity index (χ0n) is 16.4. The molecule has 4 rings (SSSR count). The molecule has 1 atom stereocenters. The van der Waals surface area contributed by atoms with Gasteiger partial charge in [0.05, 0.1) is 6.04 Å². The molecule has 2 saturated heterocycles. The summed E-state index contributed by atoms with van der Waals surface area (Å²) in [5, 5.41) is 1.17. The van der Waals surface area contributed by atoms with E-state index in [0.717, 1.165) is 48.8 Å². The van der Waals surface area contributed by atoms with E-state index >= 15 is 0 Å². The molecule has 1 unspecified atom stereocenters. The van der Waals surface area contributed by atoms with Crippen LogP contribution in [0.3, 0.4) is 0 Å². The maximum Gasteiger partial charge on any atom is 0.239 e. The van der Waals surface area contributed by atoms with E-state index in [9.17, 15) is 4.79 Å². The number of nitrogens with two attached hydrogens (primary N) is 1. The van der Waals surface area contributed by atoms with Crippen LogP contribution in [-0.2, 0) is 11.2 Å². The highest BCUT2D eigenvalue weighted by molar-refractivity contribution is 5.83. The van der Waals surface area contributed by atoms with Crippen molar-refractivity contribution in [3.63, 3.8) is 0 Å². The first-order chi connectivity index (χ1) is 13.1. The fourth-order valence-electron chi connectivity index (χ4n) is 4.90. The topological polar surface area (TPSA) is 65.4 Å². The predicted molar refractivity (Wildman–Crippen MR) is 110 cm³/mol. The van der Waals surface area contributed by atoms with Crippen LogP contribution in [0.5, 0.6) is 0 Å². The minimum atomic E-state index is -0.443. The molecule has 5 heteroatoms. The van der Waals surface area contributed by atoms with Gasteiger partial charge in [-0.3, -0.25) is 4.79 Å². The minimum Gasteiger partial charge on any atom is -0.361 e. The predicted octanol–water partition coefficient (Wildman–Crippen LogP) is 2.62. The van der Waals surface area contributed by atoms with Crippen molar-refractivity contribution in [2.75, 3.05) is 33.2 Å². The SMILES string of the molecule is CN1CCC(C2CCN(C(=O)C(N)Cc3ccc4[nH]ccc4c3)CC2)CC1. The van der Waals surface area contributed by atoms with E-state index < -0.39 is 6.04 Å². The molecule has 1 amide bonds. The van der Waals surface area contributed by atoms with Gasteiger partial charge in [-0.2, -0.15) is 0 Å². The number of benzene rings is 1. The molecular formula is C22H32N4O. The molecule has 2 aliphatic heterocycles. The van der Waals surface area contributed by atoms with E-state index in [4.69, 9.17) is 5.73 Å². The highest BCUT2D eigenvalue weighted by Crippen LogP contribution is 2.32. The normalized spacial score (nSPS) is 21.6. The highest BCUT2D eigenvalue weighted by Gasteiger charge is 2.31. The van der Waals surface area contributed by atoms with Gasteiger partial charge >= 0.3 is 0 Å². The molecule has 5 nitrogen and oxygen atoms in total. The standard InChI is InChI=1S/C22H32N4O/c1-25-10-5-17(6-11-25)18-7-12-26(13-8-18)22(27)20(23)15-16-2-3-21-19(14-16)4-9-24-21/h2-4,9,14,17-18,20,24H,5-8,10-13,15,23H2,1H3. The Kier molecular flexibility index (Phi) is 5.50. The van der Waals surface area contributed by atoms with E-state index in [1.165, 1.54) is 31.3 Å². The number of fused-ring (bicyclic) bond motifs is 1. The van der Waals surface area contributed by atoms with Gasteiger partial charge in [-0.25, -0.2) is 0 Å². The number of H-pyrrole nitrogens is 1. The van der Waals surface area contributed by atoms with E-state index in [2.05, 4.69) is 41.2 Å². The lowest BCUT2D eigenvalue weighted by atomic mass is 9.79. The molecule has 0 spiro atoms. The van der Waals surface area contributed by atoms with Crippen molar-refractivity contribution in [1.29, 1.82) is 0 Å². The fraction of sp³-hybridized carbons (Fsp3) is 0.591. The lowest BCUT2D eigenvalue weighted by Gasteiger charge is -2.40. The van der Waals surface area contributed by atoms with Crippen LogP contribution in [0.15, 0.2) is 30.5 Å². The van der Waals surface area contributed by atoms with Gasteiger partial charge in [-0.15, -0.1) is 0 Å². The number of aromatic nitrogens is 1. The molecule has 146 valence electrons. The molecular weight excluding hydrogens is 336 g/mol. The molecule has 0 saturated carbocycles. The number of amides is 1. The second-order valence-electron chi connectivity index (χ2n) is 8.51. The van der Waals surface area contributed by atoms with E-state index in [1.807, 2.05) is 11.1 Å². The Hall–Kier alpha value is -1.85. The monoisotopic (exact) mass is 368 g/mol. The Morgan fingerprint density at radius 1 is 1.11 bits per heavy atom. The molecule has 0 radical (unpaired) electrons. The Balaban J connectivity index is 1.29.